The molecular formula is C48H80O40. The summed E-state index contributed by atoms with van der Waals surface area (Å²) >= 11 is 0. The minimum Gasteiger partial charge on any atom is -0.394 e. The molecule has 0 spiro atoms. The Hall–Kier alpha value is -1.60. The zero-order valence-corrected chi connectivity index (χ0v) is 46.0. The number of hydrogen-bond donors (Lipinski definition) is 24. The van der Waals surface area contributed by atoms with Crippen molar-refractivity contribution in [3.05, 3.63) is 0 Å². The molecule has 0 aromatic carbocycles. The maximum Gasteiger partial charge on any atom is 0.187 e. The van der Waals surface area contributed by atoms with E-state index in [0.717, 1.165) is 0 Å². The molecule has 30 rings (SSSR count). The Morgan fingerprint density at radius 2 is 0.227 bits per heavy atom. The molecule has 30 aliphatic heterocycles. The Balaban J connectivity index is 0.975. The maximum absolute atomic E-state index is 11.4. The third kappa shape index (κ3) is 13.8. The van der Waals surface area contributed by atoms with Crippen LogP contribution in [0.15, 0.2) is 0 Å². The first kappa shape index (κ1) is 70.7. The fourth-order valence-electron chi connectivity index (χ4n) is 11.9. The van der Waals surface area contributed by atoms with Crippen molar-refractivity contribution >= 4 is 0 Å². The number of rotatable bonds is 8. The van der Waals surface area contributed by atoms with Gasteiger partial charge < -0.3 is 198 Å². The zero-order valence-electron chi connectivity index (χ0n) is 46.0. The summed E-state index contributed by atoms with van der Waals surface area (Å²) in [4.78, 5) is 0. The van der Waals surface area contributed by atoms with E-state index in [2.05, 4.69) is 0 Å². The first-order valence-electron chi connectivity index (χ1n) is 28.1. The minimum atomic E-state index is -2.25. The number of aliphatic hydroxyl groups is 24. The van der Waals surface area contributed by atoms with Gasteiger partial charge in [0.1, 0.15) is 195 Å². The van der Waals surface area contributed by atoms with Crippen molar-refractivity contribution in [3.63, 3.8) is 0 Å². The molecule has 30 heterocycles. The van der Waals surface area contributed by atoms with Gasteiger partial charge in [0.05, 0.1) is 52.9 Å². The van der Waals surface area contributed by atoms with Gasteiger partial charge in [-0.15, -0.1) is 0 Å². The summed E-state index contributed by atoms with van der Waals surface area (Å²) in [6, 6.07) is 0. The SMILES string of the molecule is OCC1O[C@@H]2O[C@@H]3C(CO)O[C@H](O[C@@H]4C(CO)O[C@H](O[C@@H]5C(CO)O[C@H](O[C@@H]6C(CO)O[C@H](O[C@@H]7C(CO)O[C@H](O[C@@H]8C(CO)O[C@H](O[C@@H]9C(CO)O[C@H](O[C@H]1[C@H](O)C2O)C(O)[C@H]9O)C(O)[C@H]8O)C(O)[C@H]7O)C(O)[C@H]6O)C(O)[C@H]5O)C(O)[C@H]4O)C(O)[C@H]3O. The predicted molar refractivity (Wildman–Crippen MR) is 261 cm³/mol. The van der Waals surface area contributed by atoms with Gasteiger partial charge in [0, 0.05) is 0 Å². The van der Waals surface area contributed by atoms with E-state index in [4.69, 9.17) is 75.8 Å². The molecule has 88 heavy (non-hydrogen) atoms. The maximum atomic E-state index is 11.4. The molecule has 512 valence electrons. The highest BCUT2D eigenvalue weighted by Crippen LogP contribution is 2.40. The van der Waals surface area contributed by atoms with Crippen LogP contribution in [-0.2, 0) is 75.8 Å². The summed E-state index contributed by atoms with van der Waals surface area (Å²) in [6.45, 7) is -8.64. The number of aliphatic hydroxyl groups excluding tert-OH is 24. The van der Waals surface area contributed by atoms with Gasteiger partial charge in [0.25, 0.3) is 0 Å². The first-order chi connectivity index (χ1) is 41.9. The van der Waals surface area contributed by atoms with Crippen LogP contribution in [0.25, 0.3) is 0 Å². The van der Waals surface area contributed by atoms with Crippen molar-refractivity contribution in [1.29, 1.82) is 0 Å². The van der Waals surface area contributed by atoms with Crippen LogP contribution < -0.4 is 0 Å². The Morgan fingerprint density at radius 1 is 0.136 bits per heavy atom. The molecule has 0 aromatic heterocycles. The molecule has 0 saturated carbocycles. The van der Waals surface area contributed by atoms with Crippen molar-refractivity contribution in [2.24, 2.45) is 0 Å². The van der Waals surface area contributed by atoms with Crippen LogP contribution in [-0.4, -0.2) is 421 Å². The van der Waals surface area contributed by atoms with E-state index in [1.54, 1.807) is 0 Å². The minimum absolute atomic E-state index is 1.08. The Bertz CT molecular complexity index is 1700. The van der Waals surface area contributed by atoms with E-state index in [-0.39, 0.29) is 0 Å². The lowest BCUT2D eigenvalue weighted by atomic mass is 9.94. The van der Waals surface area contributed by atoms with E-state index in [1.165, 1.54) is 0 Å². The lowest BCUT2D eigenvalue weighted by Crippen LogP contribution is -2.69. The van der Waals surface area contributed by atoms with Crippen LogP contribution in [0.1, 0.15) is 0 Å². The van der Waals surface area contributed by atoms with Crippen molar-refractivity contribution in [1.82, 2.24) is 0 Å². The van der Waals surface area contributed by atoms with Crippen molar-refractivity contribution in [3.8, 4) is 0 Å². The molecule has 0 aliphatic carbocycles. The van der Waals surface area contributed by atoms with Crippen LogP contribution in [0.2, 0.25) is 0 Å². The first-order valence-corrected chi connectivity index (χ1v) is 28.1. The normalized spacial score (nSPS) is 55.4. The molecule has 30 fully saturated rings. The molecule has 40 heteroatoms. The highest BCUT2D eigenvalue weighted by molar-refractivity contribution is 5.02. The fraction of sp³-hybridized carbons (Fsp3) is 1.00. The van der Waals surface area contributed by atoms with Gasteiger partial charge in [-0.25, -0.2) is 0 Å². The number of hydrogen-bond acceptors (Lipinski definition) is 40. The second-order valence-corrected chi connectivity index (χ2v) is 22.5. The van der Waals surface area contributed by atoms with Gasteiger partial charge in [-0.05, 0) is 0 Å². The molecule has 16 unspecified atom stereocenters. The van der Waals surface area contributed by atoms with Crippen LogP contribution in [0.3, 0.4) is 0 Å². The summed E-state index contributed by atoms with van der Waals surface area (Å²) in [5, 5.41) is 265. The standard InChI is InChI=1S/C48H80O40/c49-1-9-33-17(57)25(65)41(73-9)82-34-10(2-50)75-43(27(67)19(34)59)84-36-12(4-52)77-45(29(69)21(36)61)86-38-14(6-54)79-47(31(71)23(38)63)88-40-16(8-56)80-48(32(72)24(40)64)87-39-15(7-55)78-46(30(70)22(39)62)85-37-13(5-53)76-44(28(68)20(37)60)83-35-11(3-51)74-42(81-33)26(66)18(35)58/h9-72H,1-8H2/t9?,10?,11?,12?,13?,14?,15?,16?,17-,18-,19-,20-,21-,22-,23-,24-,25?,26?,27?,28?,29?,30?,31?,32?,33-,34-,35-,36-,37-,38-,39-,40-,41-,42-,43-,44-,45-,46-,47-,48-/m1/s1. The quantitative estimate of drug-likeness (QED) is 0.107. The third-order valence-electron chi connectivity index (χ3n) is 16.9. The van der Waals surface area contributed by atoms with Crippen LogP contribution >= 0.6 is 0 Å². The molecule has 0 amide bonds. The van der Waals surface area contributed by atoms with Gasteiger partial charge in [0.2, 0.25) is 0 Å². The Kier molecular flexibility index (Phi) is 24.1. The van der Waals surface area contributed by atoms with E-state index < -0.39 is 299 Å². The van der Waals surface area contributed by atoms with Crippen LogP contribution in [0.5, 0.6) is 0 Å². The van der Waals surface area contributed by atoms with Gasteiger partial charge >= 0.3 is 0 Å². The van der Waals surface area contributed by atoms with Gasteiger partial charge in [-0.2, -0.15) is 0 Å². The van der Waals surface area contributed by atoms with Gasteiger partial charge in [0.15, 0.2) is 50.3 Å². The summed E-state index contributed by atoms with van der Waals surface area (Å²) in [5.74, 6) is 0. The summed E-state index contributed by atoms with van der Waals surface area (Å²) in [6.07, 6.45) is -82.0. The lowest BCUT2D eigenvalue weighted by Gasteiger charge is -2.50. The van der Waals surface area contributed by atoms with E-state index in [9.17, 15) is 123 Å². The summed E-state index contributed by atoms with van der Waals surface area (Å²) in [7, 11) is 0. The number of ether oxygens (including phenoxy) is 16. The highest BCUT2D eigenvalue weighted by Gasteiger charge is 2.60. The smallest absolute Gasteiger partial charge is 0.187 e. The van der Waals surface area contributed by atoms with E-state index >= 15 is 0 Å². The Labute approximate surface area is 496 Å². The summed E-state index contributed by atoms with van der Waals surface area (Å²) in [5.41, 5.74) is 0. The third-order valence-corrected chi connectivity index (χ3v) is 16.9. The molecule has 30 aliphatic rings. The molecular weight excluding hydrogens is 1220 g/mol. The molecule has 24 N–H and O–H groups in total. The van der Waals surface area contributed by atoms with Crippen LogP contribution in [0, 0.1) is 0 Å². The second kappa shape index (κ2) is 30.0. The van der Waals surface area contributed by atoms with Crippen LogP contribution in [0.4, 0.5) is 0 Å². The second-order valence-electron chi connectivity index (χ2n) is 22.5. The molecule has 40 atom stereocenters. The lowest BCUT2D eigenvalue weighted by molar-refractivity contribution is -0.404. The molecule has 30 saturated heterocycles. The molecule has 16 bridgehead atoms. The van der Waals surface area contributed by atoms with Gasteiger partial charge in [-0.1, -0.05) is 0 Å². The fourth-order valence-corrected chi connectivity index (χ4v) is 11.9. The average molecular weight is 1300 g/mol. The molecule has 0 aromatic rings. The largest absolute Gasteiger partial charge is 0.394 e. The molecule has 0 radical (unpaired) electrons. The zero-order chi connectivity index (χ0) is 64.1. The topological polar surface area (TPSA) is 633 Å². The van der Waals surface area contributed by atoms with E-state index in [1.807, 2.05) is 0 Å². The van der Waals surface area contributed by atoms with E-state index in [0.29, 0.717) is 0 Å². The van der Waals surface area contributed by atoms with Crippen molar-refractivity contribution < 1.29 is 198 Å². The Morgan fingerprint density at radius 3 is 0.307 bits per heavy atom. The predicted octanol–water partition coefficient (Wildman–Crippen LogP) is -17.4. The van der Waals surface area contributed by atoms with Crippen molar-refractivity contribution in [2.75, 3.05) is 52.9 Å². The van der Waals surface area contributed by atoms with Crippen molar-refractivity contribution in [2.45, 2.75) is 246 Å². The molecule has 40 nitrogen and oxygen atoms in total. The monoisotopic (exact) mass is 1300 g/mol. The van der Waals surface area contributed by atoms with Gasteiger partial charge in [-0.3, -0.25) is 0 Å². The average Bonchev–Trinajstić information content (AvgIpc) is 0.985. The highest BCUT2D eigenvalue weighted by atomic mass is 16.8. The summed E-state index contributed by atoms with van der Waals surface area (Å²) < 4.78 is 91.1.